The molecule has 2 N–H and O–H groups in total. The SMILES string of the molecule is CCOC(=O)c1c(N)nsc1N1CCCC2CCCC21. The summed E-state index contributed by atoms with van der Waals surface area (Å²) in [5.41, 5.74) is 6.36. The lowest BCUT2D eigenvalue weighted by molar-refractivity contribution is 0.0528. The van der Waals surface area contributed by atoms with E-state index in [-0.39, 0.29) is 5.97 Å². The van der Waals surface area contributed by atoms with Crippen LogP contribution in [0.1, 0.15) is 49.4 Å². The summed E-state index contributed by atoms with van der Waals surface area (Å²) in [5, 5.41) is 0.914. The van der Waals surface area contributed by atoms with Crippen LogP contribution in [0, 0.1) is 5.92 Å². The molecule has 1 aromatic rings. The van der Waals surface area contributed by atoms with Crippen molar-refractivity contribution in [2.45, 2.75) is 45.1 Å². The minimum absolute atomic E-state index is 0.309. The Balaban J connectivity index is 1.91. The molecular formula is C14H21N3O2S. The van der Waals surface area contributed by atoms with E-state index in [1.54, 1.807) is 0 Å². The summed E-state index contributed by atoms with van der Waals surface area (Å²) in [6.45, 7) is 3.16. The molecule has 2 unspecified atom stereocenters. The van der Waals surface area contributed by atoms with Gasteiger partial charge in [0.05, 0.1) is 6.61 Å². The lowest BCUT2D eigenvalue weighted by Crippen LogP contribution is -2.42. The molecule has 2 heterocycles. The Hall–Kier alpha value is -1.30. The zero-order valence-electron chi connectivity index (χ0n) is 11.8. The molecule has 0 spiro atoms. The first-order chi connectivity index (χ1) is 9.72. The van der Waals surface area contributed by atoms with E-state index in [0.29, 0.717) is 24.0 Å². The van der Waals surface area contributed by atoms with E-state index in [4.69, 9.17) is 10.5 Å². The Labute approximate surface area is 123 Å². The van der Waals surface area contributed by atoms with E-state index in [0.717, 1.165) is 17.5 Å². The Kier molecular flexibility index (Phi) is 3.83. The molecule has 20 heavy (non-hydrogen) atoms. The van der Waals surface area contributed by atoms with Crippen LogP contribution in [0.2, 0.25) is 0 Å². The largest absolute Gasteiger partial charge is 0.462 e. The smallest absolute Gasteiger partial charge is 0.345 e. The molecule has 0 radical (unpaired) electrons. The number of hydrogen-bond donors (Lipinski definition) is 1. The quantitative estimate of drug-likeness (QED) is 0.868. The third-order valence-corrected chi connectivity index (χ3v) is 5.33. The van der Waals surface area contributed by atoms with Gasteiger partial charge in [0.15, 0.2) is 5.82 Å². The van der Waals surface area contributed by atoms with E-state index in [1.165, 1.54) is 43.6 Å². The highest BCUT2D eigenvalue weighted by Crippen LogP contribution is 2.42. The number of nitrogen functional groups attached to an aromatic ring is 1. The fourth-order valence-corrected chi connectivity index (χ4v) is 4.48. The van der Waals surface area contributed by atoms with Crippen LogP contribution >= 0.6 is 11.5 Å². The molecule has 2 atom stereocenters. The molecule has 5 nitrogen and oxygen atoms in total. The third-order valence-electron chi connectivity index (χ3n) is 4.43. The number of esters is 1. The Morgan fingerprint density at radius 1 is 1.45 bits per heavy atom. The van der Waals surface area contributed by atoms with E-state index >= 15 is 0 Å². The van der Waals surface area contributed by atoms with Gasteiger partial charge in [0.25, 0.3) is 0 Å². The maximum atomic E-state index is 12.1. The number of piperidine rings is 1. The van der Waals surface area contributed by atoms with Crippen LogP contribution < -0.4 is 10.6 Å². The van der Waals surface area contributed by atoms with Crippen molar-refractivity contribution in [3.05, 3.63) is 5.56 Å². The second kappa shape index (κ2) is 5.60. The fourth-order valence-electron chi connectivity index (χ4n) is 3.59. The Bertz CT molecular complexity index is 503. The van der Waals surface area contributed by atoms with Crippen LogP contribution in [-0.4, -0.2) is 29.5 Å². The topological polar surface area (TPSA) is 68.5 Å². The van der Waals surface area contributed by atoms with E-state index in [2.05, 4.69) is 9.27 Å². The Morgan fingerprint density at radius 3 is 3.05 bits per heavy atom. The maximum absolute atomic E-state index is 12.1. The molecule has 6 heteroatoms. The maximum Gasteiger partial charge on any atom is 0.345 e. The molecule has 1 aliphatic carbocycles. The fraction of sp³-hybridized carbons (Fsp3) is 0.714. The normalized spacial score (nSPS) is 25.6. The molecule has 110 valence electrons. The third kappa shape index (κ3) is 2.26. The highest BCUT2D eigenvalue weighted by molar-refractivity contribution is 7.11. The molecule has 0 aromatic carbocycles. The van der Waals surface area contributed by atoms with E-state index in [9.17, 15) is 4.79 Å². The summed E-state index contributed by atoms with van der Waals surface area (Å²) < 4.78 is 9.32. The van der Waals surface area contributed by atoms with Crippen molar-refractivity contribution in [1.29, 1.82) is 0 Å². The van der Waals surface area contributed by atoms with Crippen LogP contribution in [-0.2, 0) is 4.74 Å². The highest BCUT2D eigenvalue weighted by Gasteiger charge is 2.38. The summed E-state index contributed by atoms with van der Waals surface area (Å²) in [6, 6.07) is 0.553. The second-order valence-corrected chi connectivity index (χ2v) is 6.31. The van der Waals surface area contributed by atoms with Crippen molar-refractivity contribution in [2.75, 3.05) is 23.8 Å². The number of hydrogen-bond acceptors (Lipinski definition) is 6. The molecule has 1 saturated heterocycles. The van der Waals surface area contributed by atoms with E-state index < -0.39 is 0 Å². The molecule has 1 saturated carbocycles. The molecule has 0 amide bonds. The molecule has 1 aromatic heterocycles. The predicted molar refractivity (Wildman–Crippen MR) is 80.2 cm³/mol. The van der Waals surface area contributed by atoms with Crippen molar-refractivity contribution in [3.63, 3.8) is 0 Å². The number of carbonyl (C=O) groups is 1. The summed E-state index contributed by atoms with van der Waals surface area (Å²) >= 11 is 1.34. The highest BCUT2D eigenvalue weighted by atomic mass is 32.1. The van der Waals surface area contributed by atoms with Crippen LogP contribution in [0.25, 0.3) is 0 Å². The van der Waals surface area contributed by atoms with Crippen LogP contribution in [0.4, 0.5) is 10.8 Å². The van der Waals surface area contributed by atoms with Gasteiger partial charge in [0.2, 0.25) is 0 Å². The minimum atomic E-state index is -0.339. The number of aromatic nitrogens is 1. The van der Waals surface area contributed by atoms with Crippen molar-refractivity contribution >= 4 is 28.3 Å². The summed E-state index contributed by atoms with van der Waals surface area (Å²) in [4.78, 5) is 14.5. The average Bonchev–Trinajstić information content (AvgIpc) is 3.04. The van der Waals surface area contributed by atoms with Gasteiger partial charge in [-0.3, -0.25) is 0 Å². The van der Waals surface area contributed by atoms with Gasteiger partial charge in [0, 0.05) is 12.6 Å². The number of fused-ring (bicyclic) bond motifs is 1. The van der Waals surface area contributed by atoms with Crippen molar-refractivity contribution in [2.24, 2.45) is 5.92 Å². The monoisotopic (exact) mass is 295 g/mol. The van der Waals surface area contributed by atoms with Gasteiger partial charge in [-0.2, -0.15) is 4.37 Å². The zero-order chi connectivity index (χ0) is 14.1. The van der Waals surface area contributed by atoms with Crippen molar-refractivity contribution in [3.8, 4) is 0 Å². The van der Waals surface area contributed by atoms with Gasteiger partial charge >= 0.3 is 5.97 Å². The van der Waals surface area contributed by atoms with Gasteiger partial charge in [-0.25, -0.2) is 4.79 Å². The van der Waals surface area contributed by atoms with Gasteiger partial charge in [-0.1, -0.05) is 6.42 Å². The summed E-state index contributed by atoms with van der Waals surface area (Å²) in [7, 11) is 0. The first-order valence-electron chi connectivity index (χ1n) is 7.41. The predicted octanol–water partition coefficient (Wildman–Crippen LogP) is 2.67. The summed E-state index contributed by atoms with van der Waals surface area (Å²) in [6.07, 6.45) is 6.30. The number of nitrogens with two attached hydrogens (primary N) is 1. The number of carbonyl (C=O) groups excluding carboxylic acids is 1. The van der Waals surface area contributed by atoms with Gasteiger partial charge in [-0.15, -0.1) is 0 Å². The van der Waals surface area contributed by atoms with Crippen LogP contribution in [0.15, 0.2) is 0 Å². The second-order valence-electron chi connectivity index (χ2n) is 5.56. The van der Waals surface area contributed by atoms with Crippen LogP contribution in [0.5, 0.6) is 0 Å². The molecular weight excluding hydrogens is 274 g/mol. The van der Waals surface area contributed by atoms with Crippen molar-refractivity contribution < 1.29 is 9.53 Å². The molecule has 3 rings (SSSR count). The number of nitrogens with zero attached hydrogens (tertiary/aromatic N) is 2. The standard InChI is InChI=1S/C14H21N3O2S/c1-2-19-14(18)11-12(15)16-20-13(11)17-8-4-6-9-5-3-7-10(9)17/h9-10H,2-8H2,1H3,(H2,15,16). The van der Waals surface area contributed by atoms with Crippen LogP contribution in [0.3, 0.4) is 0 Å². The Morgan fingerprint density at radius 2 is 2.25 bits per heavy atom. The number of ether oxygens (including phenoxy) is 1. The minimum Gasteiger partial charge on any atom is -0.462 e. The van der Waals surface area contributed by atoms with Gasteiger partial charge in [0.1, 0.15) is 10.6 Å². The first-order valence-corrected chi connectivity index (χ1v) is 8.18. The number of rotatable bonds is 3. The number of anilines is 2. The first kappa shape index (κ1) is 13.7. The molecule has 1 aliphatic heterocycles. The summed E-state index contributed by atoms with van der Waals surface area (Å²) in [5.74, 6) is 0.736. The van der Waals surface area contributed by atoms with Gasteiger partial charge in [-0.05, 0) is 50.1 Å². The van der Waals surface area contributed by atoms with Gasteiger partial charge < -0.3 is 15.4 Å². The van der Waals surface area contributed by atoms with Crippen molar-refractivity contribution in [1.82, 2.24) is 4.37 Å². The zero-order valence-corrected chi connectivity index (χ0v) is 12.6. The molecule has 0 bridgehead atoms. The molecule has 2 aliphatic rings. The molecule has 2 fully saturated rings. The average molecular weight is 295 g/mol. The van der Waals surface area contributed by atoms with E-state index in [1.807, 2.05) is 6.92 Å². The lowest BCUT2D eigenvalue weighted by atomic mass is 9.92. The lowest BCUT2D eigenvalue weighted by Gasteiger charge is -2.38.